The zero-order valence-electron chi connectivity index (χ0n) is 11.2. The highest BCUT2D eigenvalue weighted by atomic mass is 32.2. The molecule has 1 aromatic heterocycles. The minimum Gasteiger partial charge on any atom is -0.373 e. The zero-order valence-corrected chi connectivity index (χ0v) is 12.0. The lowest BCUT2D eigenvalue weighted by Crippen LogP contribution is -2.24. The maximum atomic E-state index is 10.9. The van der Waals surface area contributed by atoms with Gasteiger partial charge in [0.2, 0.25) is 15.8 Å². The van der Waals surface area contributed by atoms with Crippen molar-refractivity contribution in [1.82, 2.24) is 9.71 Å². The molecule has 0 aromatic carbocycles. The van der Waals surface area contributed by atoms with Crippen LogP contribution in [0.25, 0.3) is 0 Å². The van der Waals surface area contributed by atoms with Crippen LogP contribution in [0.3, 0.4) is 0 Å². The van der Waals surface area contributed by atoms with E-state index in [2.05, 4.69) is 20.3 Å². The molecule has 0 atom stereocenters. The first-order valence-corrected chi connectivity index (χ1v) is 7.74. The van der Waals surface area contributed by atoms with Gasteiger partial charge in [0, 0.05) is 26.2 Å². The maximum Gasteiger partial charge on any atom is 0.311 e. The minimum atomic E-state index is -3.21. The Morgan fingerprint density at radius 2 is 2.05 bits per heavy atom. The molecule has 1 heterocycles. The molecular weight excluding hydrogens is 286 g/mol. The van der Waals surface area contributed by atoms with Gasteiger partial charge in [-0.2, -0.15) is 0 Å². The molecule has 1 rings (SSSR count). The maximum absolute atomic E-state index is 10.9. The molecule has 1 aromatic rings. The summed E-state index contributed by atoms with van der Waals surface area (Å²) in [6.07, 6.45) is 1.55. The topological polar surface area (TPSA) is 126 Å². The Morgan fingerprint density at radius 1 is 1.35 bits per heavy atom. The smallest absolute Gasteiger partial charge is 0.311 e. The van der Waals surface area contributed by atoms with Gasteiger partial charge in [0.25, 0.3) is 0 Å². The Hall–Kier alpha value is -1.94. The molecule has 112 valence electrons. The van der Waals surface area contributed by atoms with E-state index in [1.807, 2.05) is 0 Å². The molecule has 0 aliphatic rings. The van der Waals surface area contributed by atoms with Crippen molar-refractivity contribution in [2.75, 3.05) is 37.0 Å². The predicted molar refractivity (Wildman–Crippen MR) is 76.4 cm³/mol. The lowest BCUT2D eigenvalue weighted by molar-refractivity contribution is -0.384. The van der Waals surface area contributed by atoms with Crippen LogP contribution in [0.2, 0.25) is 0 Å². The van der Waals surface area contributed by atoms with E-state index >= 15 is 0 Å². The van der Waals surface area contributed by atoms with Crippen molar-refractivity contribution in [2.24, 2.45) is 0 Å². The molecule has 20 heavy (non-hydrogen) atoms. The number of nitro groups is 1. The summed E-state index contributed by atoms with van der Waals surface area (Å²) in [6.45, 7) is 0.620. The third kappa shape index (κ3) is 5.36. The normalized spacial score (nSPS) is 11.1. The van der Waals surface area contributed by atoms with Crippen LogP contribution < -0.4 is 15.4 Å². The highest BCUT2D eigenvalue weighted by Crippen LogP contribution is 2.23. The first-order valence-electron chi connectivity index (χ1n) is 5.85. The van der Waals surface area contributed by atoms with Gasteiger partial charge in [-0.3, -0.25) is 10.1 Å². The lowest BCUT2D eigenvalue weighted by atomic mass is 10.3. The number of sulfonamides is 1. The van der Waals surface area contributed by atoms with Gasteiger partial charge in [0.05, 0.1) is 11.2 Å². The molecule has 3 N–H and O–H groups in total. The van der Waals surface area contributed by atoms with Crippen molar-refractivity contribution in [2.45, 2.75) is 6.42 Å². The van der Waals surface area contributed by atoms with Gasteiger partial charge in [0.15, 0.2) is 0 Å². The Morgan fingerprint density at radius 3 is 2.60 bits per heavy atom. The van der Waals surface area contributed by atoms with Crippen molar-refractivity contribution >= 4 is 27.3 Å². The van der Waals surface area contributed by atoms with Crippen molar-refractivity contribution in [1.29, 1.82) is 0 Å². The van der Waals surface area contributed by atoms with Crippen molar-refractivity contribution in [3.8, 4) is 0 Å². The minimum absolute atomic E-state index is 0.125. The summed E-state index contributed by atoms with van der Waals surface area (Å²) in [6, 6.07) is 2.87. The number of rotatable bonds is 8. The molecule has 9 nitrogen and oxygen atoms in total. The number of hydrogen-bond donors (Lipinski definition) is 3. The third-order valence-electron chi connectivity index (χ3n) is 2.34. The fourth-order valence-corrected chi connectivity index (χ4v) is 1.94. The quantitative estimate of drug-likeness (QED) is 0.360. The van der Waals surface area contributed by atoms with Crippen LogP contribution in [0.1, 0.15) is 6.42 Å². The highest BCUT2D eigenvalue weighted by molar-refractivity contribution is 7.88. The fourth-order valence-electron chi connectivity index (χ4n) is 1.42. The third-order valence-corrected chi connectivity index (χ3v) is 3.07. The first-order chi connectivity index (χ1) is 9.33. The van der Waals surface area contributed by atoms with E-state index in [-0.39, 0.29) is 18.1 Å². The number of nitrogens with one attached hydrogen (secondary N) is 3. The SMILES string of the molecule is CNc1ccc([N+](=O)[O-])c(NCCCNS(C)(=O)=O)n1. The largest absolute Gasteiger partial charge is 0.373 e. The van der Waals surface area contributed by atoms with Crippen LogP contribution in [-0.4, -0.2) is 44.7 Å². The summed E-state index contributed by atoms with van der Waals surface area (Å²) >= 11 is 0. The highest BCUT2D eigenvalue weighted by Gasteiger charge is 2.15. The number of aromatic nitrogens is 1. The zero-order chi connectivity index (χ0) is 15.2. The van der Waals surface area contributed by atoms with E-state index in [0.29, 0.717) is 18.8 Å². The molecule has 0 aliphatic heterocycles. The van der Waals surface area contributed by atoms with E-state index in [0.717, 1.165) is 6.26 Å². The van der Waals surface area contributed by atoms with Gasteiger partial charge < -0.3 is 10.6 Å². The first kappa shape index (κ1) is 16.1. The molecular formula is C10H17N5O4S. The Labute approximate surface area is 117 Å². The average Bonchev–Trinajstić information content (AvgIpc) is 2.36. The van der Waals surface area contributed by atoms with Crippen molar-refractivity contribution in [3.63, 3.8) is 0 Å². The van der Waals surface area contributed by atoms with Crippen LogP contribution in [0, 0.1) is 10.1 Å². The molecule has 0 saturated carbocycles. The lowest BCUT2D eigenvalue weighted by Gasteiger charge is -2.08. The summed E-state index contributed by atoms with van der Waals surface area (Å²) in [5, 5.41) is 16.5. The van der Waals surface area contributed by atoms with E-state index in [4.69, 9.17) is 0 Å². The molecule has 0 aliphatic carbocycles. The van der Waals surface area contributed by atoms with Gasteiger partial charge in [-0.1, -0.05) is 0 Å². The Balaban J connectivity index is 2.60. The number of anilines is 2. The molecule has 0 bridgehead atoms. The van der Waals surface area contributed by atoms with Gasteiger partial charge in [-0.15, -0.1) is 0 Å². The van der Waals surface area contributed by atoms with Crippen LogP contribution in [0.5, 0.6) is 0 Å². The summed E-state index contributed by atoms with van der Waals surface area (Å²) in [5.41, 5.74) is -0.125. The number of hydrogen-bond acceptors (Lipinski definition) is 7. The summed E-state index contributed by atoms with van der Waals surface area (Å²) in [5.74, 6) is 0.661. The fraction of sp³-hybridized carbons (Fsp3) is 0.500. The molecule has 0 spiro atoms. The second-order valence-corrected chi connectivity index (χ2v) is 5.85. The number of pyridine rings is 1. The monoisotopic (exact) mass is 303 g/mol. The summed E-state index contributed by atoms with van der Waals surface area (Å²) in [7, 11) is -1.55. The van der Waals surface area contributed by atoms with Crippen LogP contribution >= 0.6 is 0 Å². The van der Waals surface area contributed by atoms with Gasteiger partial charge in [-0.25, -0.2) is 18.1 Å². The molecule has 10 heteroatoms. The summed E-state index contributed by atoms with van der Waals surface area (Å²) in [4.78, 5) is 14.4. The Kier molecular flexibility index (Phi) is 5.65. The predicted octanol–water partition coefficient (Wildman–Crippen LogP) is 0.383. The van der Waals surface area contributed by atoms with Crippen LogP contribution in [-0.2, 0) is 10.0 Å². The van der Waals surface area contributed by atoms with Crippen molar-refractivity contribution < 1.29 is 13.3 Å². The molecule has 0 radical (unpaired) electrons. The average molecular weight is 303 g/mol. The van der Waals surface area contributed by atoms with Gasteiger partial charge >= 0.3 is 5.69 Å². The van der Waals surface area contributed by atoms with E-state index in [1.54, 1.807) is 7.05 Å². The van der Waals surface area contributed by atoms with Gasteiger partial charge in [0.1, 0.15) is 5.82 Å². The van der Waals surface area contributed by atoms with E-state index in [9.17, 15) is 18.5 Å². The Bertz CT molecular complexity index is 575. The van der Waals surface area contributed by atoms with E-state index < -0.39 is 14.9 Å². The van der Waals surface area contributed by atoms with Crippen LogP contribution in [0.4, 0.5) is 17.3 Å². The van der Waals surface area contributed by atoms with Crippen molar-refractivity contribution in [3.05, 3.63) is 22.2 Å². The second-order valence-electron chi connectivity index (χ2n) is 4.02. The standard InChI is InChI=1S/C10H17N5O4S/c1-11-9-5-4-8(15(16)17)10(14-9)12-6-3-7-13-20(2,18)19/h4-5,13H,3,6-7H2,1-2H3,(H2,11,12,14). The van der Waals surface area contributed by atoms with E-state index in [1.165, 1.54) is 12.1 Å². The summed E-state index contributed by atoms with van der Waals surface area (Å²) < 4.78 is 24.0. The molecule has 0 amide bonds. The molecule has 0 unspecified atom stereocenters. The van der Waals surface area contributed by atoms with Crippen LogP contribution in [0.15, 0.2) is 12.1 Å². The molecule has 0 saturated heterocycles. The van der Waals surface area contributed by atoms with Gasteiger partial charge in [-0.05, 0) is 12.5 Å². The second kappa shape index (κ2) is 7.01. The number of nitrogens with zero attached hydrogens (tertiary/aromatic N) is 2. The molecule has 0 fully saturated rings.